The molecule has 22 heavy (non-hydrogen) atoms. The molecular formula is C18H24BrNO2. The Hall–Kier alpha value is -0.870. The van der Waals surface area contributed by atoms with Gasteiger partial charge in [0, 0.05) is 29.2 Å². The van der Waals surface area contributed by atoms with E-state index in [1.165, 1.54) is 11.1 Å². The first-order chi connectivity index (χ1) is 10.6. The van der Waals surface area contributed by atoms with Gasteiger partial charge in [0.25, 0.3) is 0 Å². The number of hydrogen-bond acceptors (Lipinski definition) is 2. The highest BCUT2D eigenvalue weighted by atomic mass is 79.9. The molecule has 1 aromatic carbocycles. The minimum atomic E-state index is 0.115. The van der Waals surface area contributed by atoms with E-state index >= 15 is 0 Å². The van der Waals surface area contributed by atoms with E-state index in [1.807, 2.05) is 4.90 Å². The highest BCUT2D eigenvalue weighted by molar-refractivity contribution is 9.10. The molecule has 2 atom stereocenters. The maximum Gasteiger partial charge on any atom is 0.230 e. The summed E-state index contributed by atoms with van der Waals surface area (Å²) >= 11 is 3.61. The van der Waals surface area contributed by atoms with Gasteiger partial charge in [-0.05, 0) is 56.2 Å². The van der Waals surface area contributed by atoms with Crippen LogP contribution in [0, 0.1) is 12.8 Å². The van der Waals surface area contributed by atoms with Crippen LogP contribution in [0.25, 0.3) is 0 Å². The van der Waals surface area contributed by atoms with Gasteiger partial charge in [-0.1, -0.05) is 28.9 Å². The van der Waals surface area contributed by atoms with Crippen LogP contribution in [0.3, 0.4) is 0 Å². The Morgan fingerprint density at radius 1 is 1.45 bits per heavy atom. The number of carbonyl (C=O) groups excluding carboxylic acids is 1. The van der Waals surface area contributed by atoms with E-state index in [-0.39, 0.29) is 12.0 Å². The van der Waals surface area contributed by atoms with Crippen molar-refractivity contribution in [2.75, 3.05) is 18.1 Å². The van der Waals surface area contributed by atoms with E-state index in [0.29, 0.717) is 12.5 Å². The molecule has 0 N–H and O–H groups in total. The number of aryl methyl sites for hydroxylation is 2. The van der Waals surface area contributed by atoms with Crippen molar-refractivity contribution in [3.63, 3.8) is 0 Å². The molecule has 2 unspecified atom stereocenters. The lowest BCUT2D eigenvalue weighted by molar-refractivity contribution is -0.127. The molecule has 2 heterocycles. The average Bonchev–Trinajstić information content (AvgIpc) is 2.55. The van der Waals surface area contributed by atoms with Crippen LogP contribution >= 0.6 is 15.9 Å². The summed E-state index contributed by atoms with van der Waals surface area (Å²) in [5.74, 6) is 0.406. The van der Waals surface area contributed by atoms with E-state index in [4.69, 9.17) is 4.74 Å². The van der Waals surface area contributed by atoms with E-state index in [0.717, 1.165) is 48.8 Å². The van der Waals surface area contributed by atoms with Gasteiger partial charge in [-0.2, -0.15) is 0 Å². The second-order valence-corrected chi connectivity index (χ2v) is 7.30. The van der Waals surface area contributed by atoms with Crippen LogP contribution in [-0.4, -0.2) is 25.2 Å². The predicted molar refractivity (Wildman–Crippen MR) is 92.3 cm³/mol. The maximum atomic E-state index is 13.0. The lowest BCUT2D eigenvalue weighted by atomic mass is 9.91. The lowest BCUT2D eigenvalue weighted by Crippen LogP contribution is -2.42. The highest BCUT2D eigenvalue weighted by Gasteiger charge is 2.32. The molecule has 0 aliphatic carbocycles. The van der Waals surface area contributed by atoms with Crippen LogP contribution < -0.4 is 4.90 Å². The number of benzene rings is 1. The van der Waals surface area contributed by atoms with Gasteiger partial charge in [-0.3, -0.25) is 4.79 Å². The number of rotatable bonds is 2. The van der Waals surface area contributed by atoms with Crippen molar-refractivity contribution in [2.24, 2.45) is 5.92 Å². The van der Waals surface area contributed by atoms with Crippen molar-refractivity contribution in [2.45, 2.75) is 52.1 Å². The van der Waals surface area contributed by atoms with Gasteiger partial charge in [0.15, 0.2) is 0 Å². The molecule has 1 saturated heterocycles. The zero-order chi connectivity index (χ0) is 15.7. The Bertz CT molecular complexity index is 572. The van der Waals surface area contributed by atoms with Crippen molar-refractivity contribution in [1.29, 1.82) is 0 Å². The standard InChI is InChI=1S/C18H24BrNO2/c1-3-15-10-14(6-8-22-15)18(21)20-7-4-5-13-9-12(2)16(19)11-17(13)20/h9,11,14-15H,3-8,10H2,1-2H3. The van der Waals surface area contributed by atoms with Gasteiger partial charge >= 0.3 is 0 Å². The summed E-state index contributed by atoms with van der Waals surface area (Å²) in [5.41, 5.74) is 3.65. The molecule has 1 aromatic rings. The number of fused-ring (bicyclic) bond motifs is 1. The summed E-state index contributed by atoms with van der Waals surface area (Å²) in [6.45, 7) is 5.80. The Morgan fingerprint density at radius 2 is 2.27 bits per heavy atom. The van der Waals surface area contributed by atoms with Crippen molar-refractivity contribution < 1.29 is 9.53 Å². The summed E-state index contributed by atoms with van der Waals surface area (Å²) in [6.07, 6.45) is 5.09. The Morgan fingerprint density at radius 3 is 3.05 bits per heavy atom. The smallest absolute Gasteiger partial charge is 0.230 e. The molecule has 4 heteroatoms. The van der Waals surface area contributed by atoms with Gasteiger partial charge in [0.2, 0.25) is 5.91 Å². The van der Waals surface area contributed by atoms with Crippen molar-refractivity contribution >= 4 is 27.5 Å². The van der Waals surface area contributed by atoms with Gasteiger partial charge in [-0.15, -0.1) is 0 Å². The Kier molecular flexibility index (Phi) is 4.88. The van der Waals surface area contributed by atoms with Gasteiger partial charge in [-0.25, -0.2) is 0 Å². The molecular weight excluding hydrogens is 342 g/mol. The van der Waals surface area contributed by atoms with Crippen molar-refractivity contribution in [3.8, 4) is 0 Å². The third kappa shape index (κ3) is 3.09. The Labute approximate surface area is 141 Å². The first kappa shape index (κ1) is 16.0. The third-order valence-corrected chi connectivity index (χ3v) is 5.77. The lowest BCUT2D eigenvalue weighted by Gasteiger charge is -2.35. The van der Waals surface area contributed by atoms with Crippen LogP contribution in [0.5, 0.6) is 0 Å². The largest absolute Gasteiger partial charge is 0.378 e. The maximum absolute atomic E-state index is 13.0. The number of carbonyl (C=O) groups is 1. The fourth-order valence-electron chi connectivity index (χ4n) is 3.57. The first-order valence-electron chi connectivity index (χ1n) is 8.32. The van der Waals surface area contributed by atoms with Gasteiger partial charge < -0.3 is 9.64 Å². The summed E-state index contributed by atoms with van der Waals surface area (Å²) in [4.78, 5) is 15.0. The number of halogens is 1. The molecule has 3 rings (SSSR count). The average molecular weight is 366 g/mol. The van der Waals surface area contributed by atoms with Gasteiger partial charge in [0.05, 0.1) is 6.10 Å². The zero-order valence-corrected chi connectivity index (χ0v) is 15.0. The third-order valence-electron chi connectivity index (χ3n) is 4.92. The van der Waals surface area contributed by atoms with Crippen LogP contribution in [0.4, 0.5) is 5.69 Å². The summed E-state index contributed by atoms with van der Waals surface area (Å²) < 4.78 is 6.81. The number of ether oxygens (including phenoxy) is 1. The van der Waals surface area contributed by atoms with E-state index < -0.39 is 0 Å². The van der Waals surface area contributed by atoms with Crippen LogP contribution in [0.15, 0.2) is 16.6 Å². The summed E-state index contributed by atoms with van der Waals surface area (Å²) in [5, 5.41) is 0. The Balaban J connectivity index is 1.84. The van der Waals surface area contributed by atoms with Gasteiger partial charge in [0.1, 0.15) is 0 Å². The molecule has 1 amide bonds. The van der Waals surface area contributed by atoms with Crippen molar-refractivity contribution in [1.82, 2.24) is 0 Å². The fourth-order valence-corrected chi connectivity index (χ4v) is 3.90. The molecule has 2 aliphatic rings. The molecule has 2 aliphatic heterocycles. The molecule has 0 spiro atoms. The minimum Gasteiger partial charge on any atom is -0.378 e. The first-order valence-corrected chi connectivity index (χ1v) is 9.11. The second-order valence-electron chi connectivity index (χ2n) is 6.45. The number of nitrogens with zero attached hydrogens (tertiary/aromatic N) is 1. The molecule has 0 saturated carbocycles. The zero-order valence-electron chi connectivity index (χ0n) is 13.4. The number of amides is 1. The molecule has 1 fully saturated rings. The topological polar surface area (TPSA) is 29.5 Å². The molecule has 0 bridgehead atoms. The minimum absolute atomic E-state index is 0.115. The van der Waals surface area contributed by atoms with Crippen molar-refractivity contribution in [3.05, 3.63) is 27.7 Å². The molecule has 0 aromatic heterocycles. The molecule has 0 radical (unpaired) electrons. The van der Waals surface area contributed by atoms with E-state index in [1.54, 1.807) is 0 Å². The number of anilines is 1. The van der Waals surface area contributed by atoms with Crippen LogP contribution in [-0.2, 0) is 16.0 Å². The molecule has 3 nitrogen and oxygen atoms in total. The van der Waals surface area contributed by atoms with Crippen LogP contribution in [0.2, 0.25) is 0 Å². The summed E-state index contributed by atoms with van der Waals surface area (Å²) in [7, 11) is 0. The normalized spacial score (nSPS) is 25.0. The second kappa shape index (κ2) is 6.71. The van der Waals surface area contributed by atoms with E-state index in [2.05, 4.69) is 41.9 Å². The summed E-state index contributed by atoms with van der Waals surface area (Å²) in [6, 6.07) is 4.34. The quantitative estimate of drug-likeness (QED) is 0.784. The SMILES string of the molecule is CCC1CC(C(=O)N2CCCc3cc(C)c(Br)cc32)CCO1. The fraction of sp³-hybridized carbons (Fsp3) is 0.611. The monoisotopic (exact) mass is 365 g/mol. The van der Waals surface area contributed by atoms with E-state index in [9.17, 15) is 4.79 Å². The predicted octanol–water partition coefficient (Wildman–Crippen LogP) is 4.24. The molecule has 120 valence electrons. The number of hydrogen-bond donors (Lipinski definition) is 0. The van der Waals surface area contributed by atoms with Crippen LogP contribution in [0.1, 0.15) is 43.7 Å². The highest BCUT2D eigenvalue weighted by Crippen LogP contribution is 2.35.